The van der Waals surface area contributed by atoms with Crippen molar-refractivity contribution < 1.29 is 18.5 Å². The van der Waals surface area contributed by atoms with Gasteiger partial charge in [0, 0.05) is 54.3 Å². The highest BCUT2D eigenvalue weighted by molar-refractivity contribution is 7.84. The van der Waals surface area contributed by atoms with Gasteiger partial charge in [0.1, 0.15) is 28.8 Å². The molecule has 0 radical (unpaired) electrons. The fourth-order valence-electron chi connectivity index (χ4n) is 5.01. The van der Waals surface area contributed by atoms with Crippen LogP contribution in [0.3, 0.4) is 0 Å². The van der Waals surface area contributed by atoms with Gasteiger partial charge in [-0.15, -0.1) is 0 Å². The first-order chi connectivity index (χ1) is 19.7. The van der Waals surface area contributed by atoms with Crippen LogP contribution in [-0.2, 0) is 24.1 Å². The number of aliphatic hydroxyl groups excluding tert-OH is 1. The summed E-state index contributed by atoms with van der Waals surface area (Å²) in [5, 5.41) is 12.8. The Kier molecular flexibility index (Phi) is 8.35. The van der Waals surface area contributed by atoms with E-state index in [4.69, 9.17) is 4.98 Å². The van der Waals surface area contributed by atoms with E-state index in [9.17, 15) is 18.5 Å². The van der Waals surface area contributed by atoms with Gasteiger partial charge in [0.15, 0.2) is 0 Å². The number of fused-ring (bicyclic) bond motifs is 1. The van der Waals surface area contributed by atoms with Crippen molar-refractivity contribution in [1.29, 1.82) is 0 Å². The van der Waals surface area contributed by atoms with Crippen LogP contribution < -0.4 is 5.32 Å². The third-order valence-electron chi connectivity index (χ3n) is 6.95. The number of halogens is 1. The monoisotopic (exact) mass is 573 g/mol. The first-order valence-electron chi connectivity index (χ1n) is 13.4. The summed E-state index contributed by atoms with van der Waals surface area (Å²) < 4.78 is 29.2. The number of nitrogens with zero attached hydrogens (tertiary/aromatic N) is 4. The molecule has 41 heavy (non-hydrogen) atoms. The van der Waals surface area contributed by atoms with Crippen LogP contribution in [0.4, 0.5) is 4.39 Å². The molecule has 8 nitrogen and oxygen atoms in total. The topological polar surface area (TPSA) is 108 Å². The number of aliphatic hydroxyl groups is 1. The van der Waals surface area contributed by atoms with Gasteiger partial charge in [-0.25, -0.2) is 27.9 Å². The Bertz CT molecular complexity index is 1590. The average Bonchev–Trinajstić information content (AvgIpc) is 3.34. The summed E-state index contributed by atoms with van der Waals surface area (Å²) in [7, 11) is -1.38. The first kappa shape index (κ1) is 28.7. The Balaban J connectivity index is 1.60. The molecule has 10 heteroatoms. The zero-order chi connectivity index (χ0) is 29.1. The summed E-state index contributed by atoms with van der Waals surface area (Å²) in [4.78, 5) is 26.4. The summed E-state index contributed by atoms with van der Waals surface area (Å²) in [5.74, 6) is -0.844. The molecule has 212 valence electrons. The standard InChI is InChI=1S/C31H32FN5O3S/c1-31(2,3)41(40)37-18-23-14-26(30(39)35-17-22-7-4-5-10-25(22)32)36-29(28(23)27(37)11-12-38)21-9-6-8-20(13-21)24-15-33-19-34-16-24/h4-10,13-16,19,27,38H,11-12,17-18H2,1-3H3,(H,35,39)/t27-,41-/m1/s1. The van der Waals surface area contributed by atoms with E-state index >= 15 is 0 Å². The fraction of sp³-hybridized carbons (Fsp3) is 0.290. The SMILES string of the molecule is CC(C)(C)[S@@](=O)N1Cc2cc(C(=O)NCc3ccccc3F)nc(-c3cccc(-c4cncnc4)c3)c2[C@H]1CCO. The minimum Gasteiger partial charge on any atom is -0.396 e. The molecule has 0 saturated carbocycles. The van der Waals surface area contributed by atoms with Crippen LogP contribution >= 0.6 is 0 Å². The lowest BCUT2D eigenvalue weighted by molar-refractivity contribution is 0.0945. The van der Waals surface area contributed by atoms with Crippen LogP contribution in [0.15, 0.2) is 73.3 Å². The molecule has 0 unspecified atom stereocenters. The van der Waals surface area contributed by atoms with Crippen LogP contribution in [0.2, 0.25) is 0 Å². The summed E-state index contributed by atoms with van der Waals surface area (Å²) in [6.07, 6.45) is 5.27. The molecule has 0 fully saturated rings. The van der Waals surface area contributed by atoms with Crippen molar-refractivity contribution >= 4 is 16.9 Å². The summed E-state index contributed by atoms with van der Waals surface area (Å²) in [6.45, 7) is 5.97. The molecule has 0 aliphatic carbocycles. The second-order valence-corrected chi connectivity index (χ2v) is 13.1. The largest absolute Gasteiger partial charge is 0.396 e. The maximum Gasteiger partial charge on any atom is 0.270 e. The van der Waals surface area contributed by atoms with Gasteiger partial charge in [0.2, 0.25) is 0 Å². The molecule has 2 atom stereocenters. The number of hydrogen-bond acceptors (Lipinski definition) is 6. The third kappa shape index (κ3) is 6.09. The molecule has 2 N–H and O–H groups in total. The number of carbonyl (C=O) groups is 1. The van der Waals surface area contributed by atoms with Crippen molar-refractivity contribution in [2.45, 2.75) is 51.1 Å². The molecule has 1 aliphatic heterocycles. The smallest absolute Gasteiger partial charge is 0.270 e. The average molecular weight is 574 g/mol. The Labute approximate surface area is 241 Å². The predicted molar refractivity (Wildman–Crippen MR) is 156 cm³/mol. The van der Waals surface area contributed by atoms with E-state index in [1.54, 1.807) is 36.7 Å². The number of nitrogens with one attached hydrogen (secondary N) is 1. The Morgan fingerprint density at radius 2 is 1.80 bits per heavy atom. The lowest BCUT2D eigenvalue weighted by Crippen LogP contribution is -2.36. The molecule has 3 heterocycles. The van der Waals surface area contributed by atoms with Gasteiger partial charge in [-0.2, -0.15) is 0 Å². The fourth-order valence-corrected chi connectivity index (χ4v) is 6.41. The van der Waals surface area contributed by atoms with Crippen LogP contribution in [0.1, 0.15) is 60.4 Å². The van der Waals surface area contributed by atoms with Crippen molar-refractivity contribution in [3.05, 3.63) is 102 Å². The molecular weight excluding hydrogens is 541 g/mol. The zero-order valence-corrected chi connectivity index (χ0v) is 24.0. The lowest BCUT2D eigenvalue weighted by Gasteiger charge is -2.30. The minimum absolute atomic E-state index is 0.0103. The Hall–Kier alpha value is -3.86. The number of carbonyl (C=O) groups excluding carboxylic acids is 1. The van der Waals surface area contributed by atoms with E-state index < -0.39 is 27.5 Å². The van der Waals surface area contributed by atoms with E-state index in [1.165, 1.54) is 12.4 Å². The Morgan fingerprint density at radius 1 is 1.07 bits per heavy atom. The van der Waals surface area contributed by atoms with Crippen LogP contribution in [-0.4, -0.2) is 45.8 Å². The summed E-state index contributed by atoms with van der Waals surface area (Å²) in [5.41, 5.74) is 5.23. The zero-order valence-electron chi connectivity index (χ0n) is 23.2. The second kappa shape index (κ2) is 11.9. The van der Waals surface area contributed by atoms with Gasteiger partial charge >= 0.3 is 0 Å². The highest BCUT2D eigenvalue weighted by atomic mass is 32.2. The normalized spacial score (nSPS) is 15.9. The highest BCUT2D eigenvalue weighted by Crippen LogP contribution is 2.44. The maximum absolute atomic E-state index is 14.2. The number of benzene rings is 2. The second-order valence-electron chi connectivity index (χ2n) is 10.9. The van der Waals surface area contributed by atoms with Crippen LogP contribution in [0.5, 0.6) is 0 Å². The van der Waals surface area contributed by atoms with E-state index in [-0.39, 0.29) is 24.9 Å². The van der Waals surface area contributed by atoms with Crippen molar-refractivity contribution in [2.24, 2.45) is 0 Å². The van der Waals surface area contributed by atoms with E-state index in [2.05, 4.69) is 15.3 Å². The predicted octanol–water partition coefficient (Wildman–Crippen LogP) is 4.98. The molecule has 4 aromatic rings. The first-order valence-corrected chi connectivity index (χ1v) is 14.5. The highest BCUT2D eigenvalue weighted by Gasteiger charge is 2.40. The summed E-state index contributed by atoms with van der Waals surface area (Å²) >= 11 is 0. The van der Waals surface area contributed by atoms with Gasteiger partial charge < -0.3 is 10.4 Å². The van der Waals surface area contributed by atoms with Crippen LogP contribution in [0.25, 0.3) is 22.4 Å². The molecule has 1 amide bonds. The molecule has 2 aromatic carbocycles. The molecule has 1 aliphatic rings. The molecule has 5 rings (SSSR count). The van der Waals surface area contributed by atoms with Gasteiger partial charge in [0.25, 0.3) is 5.91 Å². The molecular formula is C31H32FN5O3S. The van der Waals surface area contributed by atoms with E-state index in [0.29, 0.717) is 24.2 Å². The third-order valence-corrected chi connectivity index (χ3v) is 8.81. The number of pyridine rings is 1. The lowest BCUT2D eigenvalue weighted by atomic mass is 9.94. The number of aromatic nitrogens is 3. The van der Waals surface area contributed by atoms with Crippen molar-refractivity contribution in [1.82, 2.24) is 24.6 Å². The molecule has 0 saturated heterocycles. The number of amides is 1. The maximum atomic E-state index is 14.2. The van der Waals surface area contributed by atoms with Crippen molar-refractivity contribution in [2.75, 3.05) is 6.61 Å². The minimum atomic E-state index is -1.38. The summed E-state index contributed by atoms with van der Waals surface area (Å²) in [6, 6.07) is 15.4. The van der Waals surface area contributed by atoms with E-state index in [1.807, 2.05) is 49.3 Å². The van der Waals surface area contributed by atoms with Crippen molar-refractivity contribution in [3.63, 3.8) is 0 Å². The van der Waals surface area contributed by atoms with Gasteiger partial charge in [-0.3, -0.25) is 4.79 Å². The molecule has 0 bridgehead atoms. The van der Waals surface area contributed by atoms with Gasteiger partial charge in [-0.05, 0) is 56.5 Å². The van der Waals surface area contributed by atoms with Gasteiger partial charge in [-0.1, -0.05) is 36.4 Å². The Morgan fingerprint density at radius 3 is 2.51 bits per heavy atom. The quantitative estimate of drug-likeness (QED) is 0.308. The molecule has 2 aromatic heterocycles. The van der Waals surface area contributed by atoms with Crippen molar-refractivity contribution in [3.8, 4) is 22.4 Å². The van der Waals surface area contributed by atoms with Gasteiger partial charge in [0.05, 0.1) is 16.5 Å². The number of rotatable bonds is 8. The van der Waals surface area contributed by atoms with E-state index in [0.717, 1.165) is 27.8 Å². The molecule has 0 spiro atoms. The van der Waals surface area contributed by atoms with Crippen LogP contribution in [0, 0.1) is 5.82 Å². The number of hydrogen-bond donors (Lipinski definition) is 2.